The molecule has 1 aromatic carbocycles. The molecule has 4 heteroatoms. The Morgan fingerprint density at radius 1 is 1.35 bits per heavy atom. The lowest BCUT2D eigenvalue weighted by molar-refractivity contribution is 0.123. The number of rotatable bonds is 5. The molecule has 0 amide bonds. The van der Waals surface area contributed by atoms with Gasteiger partial charge < -0.3 is 5.32 Å². The lowest BCUT2D eigenvalue weighted by Crippen LogP contribution is -2.46. The molecule has 0 bridgehead atoms. The summed E-state index contributed by atoms with van der Waals surface area (Å²) in [6.07, 6.45) is 2.21. The van der Waals surface area contributed by atoms with Gasteiger partial charge in [0.15, 0.2) is 0 Å². The molecule has 1 N–H and O–H groups in total. The van der Waals surface area contributed by atoms with Crippen molar-refractivity contribution in [2.75, 3.05) is 26.2 Å². The van der Waals surface area contributed by atoms with E-state index in [0.717, 1.165) is 44.6 Å². The van der Waals surface area contributed by atoms with Crippen LogP contribution in [0.4, 0.5) is 4.39 Å². The molecule has 1 saturated heterocycles. The fraction of sp³-hybridized carbons (Fsp3) is 0.625. The van der Waals surface area contributed by atoms with Crippen LogP contribution in [0, 0.1) is 11.7 Å². The maximum Gasteiger partial charge on any atom is 0.146 e. The van der Waals surface area contributed by atoms with Gasteiger partial charge in [-0.15, -0.1) is 0 Å². The fourth-order valence-electron chi connectivity index (χ4n) is 3.19. The van der Waals surface area contributed by atoms with Crippen LogP contribution in [0.5, 0.6) is 0 Å². The number of piperazine rings is 1. The SMILES string of the molecule is CCCC(C)[C@@H](c1cccc(Cl)c1F)N1CCNCC1. The third-order valence-electron chi connectivity index (χ3n) is 4.13. The van der Waals surface area contributed by atoms with Crippen LogP contribution in [-0.4, -0.2) is 31.1 Å². The van der Waals surface area contributed by atoms with E-state index in [1.54, 1.807) is 6.07 Å². The Kier molecular flexibility index (Phi) is 5.82. The molecule has 0 saturated carbocycles. The maximum atomic E-state index is 14.4. The van der Waals surface area contributed by atoms with Gasteiger partial charge >= 0.3 is 0 Å². The van der Waals surface area contributed by atoms with Gasteiger partial charge in [0.25, 0.3) is 0 Å². The Morgan fingerprint density at radius 3 is 2.70 bits per heavy atom. The van der Waals surface area contributed by atoms with Gasteiger partial charge in [-0.05, 0) is 18.4 Å². The molecule has 0 spiro atoms. The average Bonchev–Trinajstić information content (AvgIpc) is 2.45. The Balaban J connectivity index is 2.31. The number of nitrogens with zero attached hydrogens (tertiary/aromatic N) is 1. The number of halogens is 2. The molecule has 1 unspecified atom stereocenters. The van der Waals surface area contributed by atoms with E-state index in [-0.39, 0.29) is 16.9 Å². The summed E-state index contributed by atoms with van der Waals surface area (Å²) < 4.78 is 14.4. The summed E-state index contributed by atoms with van der Waals surface area (Å²) in [5, 5.41) is 3.58. The largest absolute Gasteiger partial charge is 0.314 e. The number of nitrogens with one attached hydrogen (secondary N) is 1. The Morgan fingerprint density at radius 2 is 2.05 bits per heavy atom. The summed E-state index contributed by atoms with van der Waals surface area (Å²) in [6.45, 7) is 8.26. The van der Waals surface area contributed by atoms with Crippen molar-refractivity contribution in [1.29, 1.82) is 0 Å². The van der Waals surface area contributed by atoms with Crippen LogP contribution in [0.1, 0.15) is 38.3 Å². The fourth-order valence-corrected chi connectivity index (χ4v) is 3.37. The summed E-state index contributed by atoms with van der Waals surface area (Å²) in [6, 6.07) is 5.49. The standard InChI is InChI=1S/C16H24ClFN2/c1-3-5-12(2)16(20-10-8-19-9-11-20)13-6-4-7-14(17)15(13)18/h4,6-7,12,16,19H,3,5,8-11H2,1-2H3/t12?,16-/m0/s1. The molecule has 0 aromatic heterocycles. The summed E-state index contributed by atoms with van der Waals surface area (Å²) in [4.78, 5) is 2.39. The summed E-state index contributed by atoms with van der Waals surface area (Å²) >= 11 is 5.97. The molecular weight excluding hydrogens is 275 g/mol. The Hall–Kier alpha value is -0.640. The molecule has 2 rings (SSSR count). The van der Waals surface area contributed by atoms with Crippen molar-refractivity contribution in [3.63, 3.8) is 0 Å². The van der Waals surface area contributed by atoms with Crippen molar-refractivity contribution < 1.29 is 4.39 Å². The third-order valence-corrected chi connectivity index (χ3v) is 4.42. The van der Waals surface area contributed by atoms with Gasteiger partial charge in [0.05, 0.1) is 5.02 Å². The van der Waals surface area contributed by atoms with Crippen LogP contribution in [0.25, 0.3) is 0 Å². The zero-order valence-electron chi connectivity index (χ0n) is 12.3. The third kappa shape index (κ3) is 3.51. The van der Waals surface area contributed by atoms with E-state index in [1.165, 1.54) is 0 Å². The van der Waals surface area contributed by atoms with Gasteiger partial charge in [-0.2, -0.15) is 0 Å². The van der Waals surface area contributed by atoms with Gasteiger partial charge in [-0.1, -0.05) is 44.0 Å². The van der Waals surface area contributed by atoms with Gasteiger partial charge in [0, 0.05) is 37.8 Å². The predicted molar refractivity (Wildman–Crippen MR) is 82.7 cm³/mol. The second-order valence-corrected chi connectivity index (χ2v) is 6.05. The van der Waals surface area contributed by atoms with Crippen molar-refractivity contribution in [2.45, 2.75) is 32.7 Å². The smallest absolute Gasteiger partial charge is 0.146 e. The van der Waals surface area contributed by atoms with E-state index in [4.69, 9.17) is 11.6 Å². The lowest BCUT2D eigenvalue weighted by atomic mass is 9.89. The molecule has 1 aliphatic heterocycles. The first-order chi connectivity index (χ1) is 9.65. The zero-order chi connectivity index (χ0) is 14.5. The highest BCUT2D eigenvalue weighted by Crippen LogP contribution is 2.35. The highest BCUT2D eigenvalue weighted by atomic mass is 35.5. The van der Waals surface area contributed by atoms with Crippen LogP contribution in [0.3, 0.4) is 0 Å². The topological polar surface area (TPSA) is 15.3 Å². The van der Waals surface area contributed by atoms with E-state index in [0.29, 0.717) is 5.92 Å². The van der Waals surface area contributed by atoms with Gasteiger partial charge in [-0.3, -0.25) is 4.90 Å². The first kappa shape index (κ1) is 15.7. The molecule has 112 valence electrons. The van der Waals surface area contributed by atoms with E-state index < -0.39 is 0 Å². The molecule has 1 aliphatic rings. The molecule has 0 radical (unpaired) electrons. The molecule has 1 fully saturated rings. The zero-order valence-corrected chi connectivity index (χ0v) is 13.1. The lowest BCUT2D eigenvalue weighted by Gasteiger charge is -2.39. The summed E-state index contributed by atoms with van der Waals surface area (Å²) in [5.74, 6) is 0.173. The van der Waals surface area contributed by atoms with E-state index in [9.17, 15) is 4.39 Å². The van der Waals surface area contributed by atoms with Crippen molar-refractivity contribution in [2.24, 2.45) is 5.92 Å². The Labute approximate surface area is 126 Å². The highest BCUT2D eigenvalue weighted by molar-refractivity contribution is 6.30. The van der Waals surface area contributed by atoms with E-state index in [1.807, 2.05) is 12.1 Å². The van der Waals surface area contributed by atoms with Crippen LogP contribution in [0.2, 0.25) is 5.02 Å². The second kappa shape index (κ2) is 7.39. The molecular formula is C16H24ClFN2. The quantitative estimate of drug-likeness (QED) is 0.888. The summed E-state index contributed by atoms with van der Waals surface area (Å²) in [5.41, 5.74) is 0.750. The van der Waals surface area contributed by atoms with Crippen molar-refractivity contribution in [1.82, 2.24) is 10.2 Å². The average molecular weight is 299 g/mol. The first-order valence-corrected chi connectivity index (χ1v) is 7.91. The monoisotopic (exact) mass is 298 g/mol. The van der Waals surface area contributed by atoms with Crippen LogP contribution < -0.4 is 5.32 Å². The first-order valence-electron chi connectivity index (χ1n) is 7.53. The molecule has 1 aromatic rings. The van der Waals surface area contributed by atoms with Crippen LogP contribution in [-0.2, 0) is 0 Å². The minimum atomic E-state index is -0.249. The molecule has 2 nitrogen and oxygen atoms in total. The van der Waals surface area contributed by atoms with E-state index in [2.05, 4.69) is 24.1 Å². The second-order valence-electron chi connectivity index (χ2n) is 5.64. The molecule has 20 heavy (non-hydrogen) atoms. The number of hydrogen-bond donors (Lipinski definition) is 1. The van der Waals surface area contributed by atoms with Gasteiger partial charge in [0.1, 0.15) is 5.82 Å². The Bertz CT molecular complexity index is 432. The number of hydrogen-bond acceptors (Lipinski definition) is 2. The highest BCUT2D eigenvalue weighted by Gasteiger charge is 2.29. The minimum Gasteiger partial charge on any atom is -0.314 e. The number of benzene rings is 1. The summed E-state index contributed by atoms with van der Waals surface area (Å²) in [7, 11) is 0. The van der Waals surface area contributed by atoms with Gasteiger partial charge in [0.2, 0.25) is 0 Å². The van der Waals surface area contributed by atoms with Crippen LogP contribution >= 0.6 is 11.6 Å². The van der Waals surface area contributed by atoms with Crippen LogP contribution in [0.15, 0.2) is 18.2 Å². The minimum absolute atomic E-state index is 0.121. The maximum absolute atomic E-state index is 14.4. The van der Waals surface area contributed by atoms with Crippen molar-refractivity contribution >= 4 is 11.6 Å². The molecule has 0 aliphatic carbocycles. The van der Waals surface area contributed by atoms with Gasteiger partial charge in [-0.25, -0.2) is 4.39 Å². The normalized spacial score (nSPS) is 19.8. The molecule has 1 heterocycles. The predicted octanol–water partition coefficient (Wildman–Crippen LogP) is 3.86. The van der Waals surface area contributed by atoms with Crippen molar-refractivity contribution in [3.8, 4) is 0 Å². The molecule has 2 atom stereocenters. The van der Waals surface area contributed by atoms with E-state index >= 15 is 0 Å². The van der Waals surface area contributed by atoms with Crippen molar-refractivity contribution in [3.05, 3.63) is 34.6 Å².